The fourth-order valence-corrected chi connectivity index (χ4v) is 2.33. The van der Waals surface area contributed by atoms with Gasteiger partial charge in [0.25, 0.3) is 0 Å². The van der Waals surface area contributed by atoms with Gasteiger partial charge in [0.2, 0.25) is 0 Å². The summed E-state index contributed by atoms with van der Waals surface area (Å²) in [6.07, 6.45) is 1.76. The molecule has 0 spiro atoms. The molecule has 15 heavy (non-hydrogen) atoms. The SMILES string of the molecule is CCc1ccccc1-c1nc(C=O)cs1. The first kappa shape index (κ1) is 10.1. The zero-order valence-electron chi connectivity index (χ0n) is 8.43. The molecule has 0 aliphatic rings. The lowest BCUT2D eigenvalue weighted by Crippen LogP contribution is -1.87. The third kappa shape index (κ3) is 1.97. The molecule has 0 unspecified atom stereocenters. The predicted octanol–water partition coefficient (Wildman–Crippen LogP) is 3.19. The van der Waals surface area contributed by atoms with Crippen LogP contribution in [0.5, 0.6) is 0 Å². The van der Waals surface area contributed by atoms with E-state index in [-0.39, 0.29) is 0 Å². The molecule has 0 fully saturated rings. The van der Waals surface area contributed by atoms with Crippen LogP contribution in [0.25, 0.3) is 10.6 Å². The van der Waals surface area contributed by atoms with E-state index in [1.54, 1.807) is 5.38 Å². The van der Waals surface area contributed by atoms with E-state index in [1.807, 2.05) is 18.2 Å². The maximum absolute atomic E-state index is 10.5. The molecule has 0 atom stereocenters. The van der Waals surface area contributed by atoms with Crippen molar-refractivity contribution in [3.63, 3.8) is 0 Å². The number of aromatic nitrogens is 1. The number of nitrogens with zero attached hydrogens (tertiary/aromatic N) is 1. The van der Waals surface area contributed by atoms with Crippen LogP contribution in [0.2, 0.25) is 0 Å². The first-order valence-corrected chi connectivity index (χ1v) is 5.72. The van der Waals surface area contributed by atoms with Gasteiger partial charge < -0.3 is 0 Å². The van der Waals surface area contributed by atoms with Crippen LogP contribution in [0.3, 0.4) is 0 Å². The normalized spacial score (nSPS) is 10.2. The predicted molar refractivity (Wildman–Crippen MR) is 62.3 cm³/mol. The van der Waals surface area contributed by atoms with E-state index in [4.69, 9.17) is 0 Å². The second-order valence-electron chi connectivity index (χ2n) is 3.21. The molecule has 0 N–H and O–H groups in total. The topological polar surface area (TPSA) is 30.0 Å². The second-order valence-corrected chi connectivity index (χ2v) is 4.06. The minimum absolute atomic E-state index is 0.515. The molecule has 1 aromatic heterocycles. The molecular formula is C12H11NOS. The number of hydrogen-bond donors (Lipinski definition) is 0. The number of thiazole rings is 1. The third-order valence-electron chi connectivity index (χ3n) is 2.27. The second kappa shape index (κ2) is 4.36. The zero-order valence-corrected chi connectivity index (χ0v) is 9.25. The first-order valence-electron chi connectivity index (χ1n) is 4.84. The van der Waals surface area contributed by atoms with E-state index in [2.05, 4.69) is 18.0 Å². The number of aldehydes is 1. The van der Waals surface area contributed by atoms with Gasteiger partial charge in [0, 0.05) is 10.9 Å². The van der Waals surface area contributed by atoms with Crippen molar-refractivity contribution in [2.75, 3.05) is 0 Å². The average Bonchev–Trinajstić information content (AvgIpc) is 2.77. The summed E-state index contributed by atoms with van der Waals surface area (Å²) in [5, 5.41) is 2.71. The minimum atomic E-state index is 0.515. The van der Waals surface area contributed by atoms with Crippen molar-refractivity contribution in [3.05, 3.63) is 40.9 Å². The number of rotatable bonds is 3. The van der Waals surface area contributed by atoms with Crippen molar-refractivity contribution in [2.24, 2.45) is 0 Å². The molecule has 3 heteroatoms. The summed E-state index contributed by atoms with van der Waals surface area (Å²) in [4.78, 5) is 14.8. The van der Waals surface area contributed by atoms with Gasteiger partial charge in [-0.15, -0.1) is 11.3 Å². The number of carbonyl (C=O) groups is 1. The lowest BCUT2D eigenvalue weighted by Gasteiger charge is -2.03. The Morgan fingerprint density at radius 2 is 2.20 bits per heavy atom. The Morgan fingerprint density at radius 1 is 1.40 bits per heavy atom. The summed E-state index contributed by atoms with van der Waals surface area (Å²) in [6, 6.07) is 8.16. The number of carbonyl (C=O) groups excluding carboxylic acids is 1. The van der Waals surface area contributed by atoms with Gasteiger partial charge in [-0.25, -0.2) is 4.98 Å². The molecule has 2 rings (SSSR count). The summed E-state index contributed by atoms with van der Waals surface area (Å²) in [5.74, 6) is 0. The average molecular weight is 217 g/mol. The smallest absolute Gasteiger partial charge is 0.169 e. The van der Waals surface area contributed by atoms with Crippen molar-refractivity contribution >= 4 is 17.6 Å². The van der Waals surface area contributed by atoms with Gasteiger partial charge in [0.1, 0.15) is 10.7 Å². The Kier molecular flexibility index (Phi) is 2.92. The van der Waals surface area contributed by atoms with Gasteiger partial charge >= 0.3 is 0 Å². The van der Waals surface area contributed by atoms with Gasteiger partial charge in [-0.05, 0) is 12.0 Å². The van der Waals surface area contributed by atoms with Gasteiger partial charge in [-0.3, -0.25) is 4.79 Å². The summed E-state index contributed by atoms with van der Waals surface area (Å²) in [6.45, 7) is 2.12. The highest BCUT2D eigenvalue weighted by Gasteiger charge is 2.07. The Hall–Kier alpha value is -1.48. The molecule has 2 aromatic rings. The molecular weight excluding hydrogens is 206 g/mol. The van der Waals surface area contributed by atoms with Crippen molar-refractivity contribution < 1.29 is 4.79 Å². The maximum Gasteiger partial charge on any atom is 0.169 e. The maximum atomic E-state index is 10.5. The number of hydrogen-bond acceptors (Lipinski definition) is 3. The van der Waals surface area contributed by atoms with Gasteiger partial charge in [0.05, 0.1) is 0 Å². The number of benzene rings is 1. The molecule has 0 aliphatic carbocycles. The standard InChI is InChI=1S/C12H11NOS/c1-2-9-5-3-4-6-11(9)12-13-10(7-14)8-15-12/h3-8H,2H2,1H3. The molecule has 0 radical (unpaired) electrons. The third-order valence-corrected chi connectivity index (χ3v) is 3.17. The first-order chi connectivity index (χ1) is 7.35. The lowest BCUT2D eigenvalue weighted by atomic mass is 10.1. The van der Waals surface area contributed by atoms with E-state index in [9.17, 15) is 4.79 Å². The van der Waals surface area contributed by atoms with Crippen molar-refractivity contribution in [3.8, 4) is 10.6 Å². The molecule has 0 saturated heterocycles. The van der Waals surface area contributed by atoms with Crippen LogP contribution < -0.4 is 0 Å². The molecule has 1 aromatic carbocycles. The number of aryl methyl sites for hydroxylation is 1. The minimum Gasteiger partial charge on any atom is -0.296 e. The van der Waals surface area contributed by atoms with Gasteiger partial charge in [0.15, 0.2) is 6.29 Å². The van der Waals surface area contributed by atoms with Crippen LogP contribution >= 0.6 is 11.3 Å². The van der Waals surface area contributed by atoms with Crippen LogP contribution in [0.4, 0.5) is 0 Å². The van der Waals surface area contributed by atoms with Crippen LogP contribution in [0.1, 0.15) is 23.0 Å². The van der Waals surface area contributed by atoms with Gasteiger partial charge in [-0.1, -0.05) is 31.2 Å². The van der Waals surface area contributed by atoms with Crippen LogP contribution in [0.15, 0.2) is 29.6 Å². The van der Waals surface area contributed by atoms with Crippen molar-refractivity contribution in [1.29, 1.82) is 0 Å². The van der Waals surface area contributed by atoms with E-state index in [0.29, 0.717) is 5.69 Å². The highest BCUT2D eigenvalue weighted by atomic mass is 32.1. The Bertz CT molecular complexity index is 476. The quantitative estimate of drug-likeness (QED) is 0.739. The molecule has 0 saturated carbocycles. The Morgan fingerprint density at radius 3 is 2.87 bits per heavy atom. The highest BCUT2D eigenvalue weighted by Crippen LogP contribution is 2.26. The largest absolute Gasteiger partial charge is 0.296 e. The summed E-state index contributed by atoms with van der Waals surface area (Å²) in [7, 11) is 0. The Balaban J connectivity index is 2.48. The molecule has 0 amide bonds. The van der Waals surface area contributed by atoms with E-state index < -0.39 is 0 Å². The Labute approximate surface area is 92.6 Å². The monoisotopic (exact) mass is 217 g/mol. The fraction of sp³-hybridized carbons (Fsp3) is 0.167. The van der Waals surface area contributed by atoms with Gasteiger partial charge in [-0.2, -0.15) is 0 Å². The van der Waals surface area contributed by atoms with Crippen LogP contribution in [-0.2, 0) is 6.42 Å². The fourth-order valence-electron chi connectivity index (χ4n) is 1.50. The molecule has 1 heterocycles. The lowest BCUT2D eigenvalue weighted by molar-refractivity contribution is 0.111. The summed E-state index contributed by atoms with van der Waals surface area (Å²) in [5.41, 5.74) is 2.92. The molecule has 76 valence electrons. The summed E-state index contributed by atoms with van der Waals surface area (Å²) >= 11 is 1.51. The molecule has 2 nitrogen and oxygen atoms in total. The van der Waals surface area contributed by atoms with Crippen molar-refractivity contribution in [2.45, 2.75) is 13.3 Å². The van der Waals surface area contributed by atoms with Crippen molar-refractivity contribution in [1.82, 2.24) is 4.98 Å². The van der Waals surface area contributed by atoms with Crippen LogP contribution in [-0.4, -0.2) is 11.3 Å². The molecule has 0 bridgehead atoms. The zero-order chi connectivity index (χ0) is 10.7. The van der Waals surface area contributed by atoms with E-state index in [1.165, 1.54) is 16.9 Å². The summed E-state index contributed by atoms with van der Waals surface area (Å²) < 4.78 is 0. The van der Waals surface area contributed by atoms with E-state index in [0.717, 1.165) is 23.3 Å². The highest BCUT2D eigenvalue weighted by molar-refractivity contribution is 7.13. The van der Waals surface area contributed by atoms with E-state index >= 15 is 0 Å². The van der Waals surface area contributed by atoms with Crippen LogP contribution in [0, 0.1) is 0 Å². The molecule has 0 aliphatic heterocycles.